The van der Waals surface area contributed by atoms with Gasteiger partial charge >= 0.3 is 5.97 Å². The fourth-order valence-corrected chi connectivity index (χ4v) is 2.29. The summed E-state index contributed by atoms with van der Waals surface area (Å²) in [5.74, 6) is -1.00. The summed E-state index contributed by atoms with van der Waals surface area (Å²) < 4.78 is 28.1. The van der Waals surface area contributed by atoms with Crippen LogP contribution in [0.4, 0.5) is 5.69 Å². The summed E-state index contributed by atoms with van der Waals surface area (Å²) in [5.41, 5.74) is 6.80. The average Bonchev–Trinajstić information content (AvgIpc) is 2.42. The molecule has 0 aliphatic rings. The third-order valence-electron chi connectivity index (χ3n) is 2.99. The van der Waals surface area contributed by atoms with E-state index in [1.54, 1.807) is 18.2 Å². The number of benzene rings is 2. The van der Waals surface area contributed by atoms with Crippen molar-refractivity contribution in [2.75, 3.05) is 5.73 Å². The number of nitrogen functional groups attached to an aromatic ring is 1. The molecule has 0 bridgehead atoms. The average molecular weight is 322 g/mol. The molecule has 0 heterocycles. The van der Waals surface area contributed by atoms with Crippen molar-refractivity contribution in [1.29, 1.82) is 0 Å². The summed E-state index contributed by atoms with van der Waals surface area (Å²) >= 11 is 0. The molecule has 8 heteroatoms. The van der Waals surface area contributed by atoms with Gasteiger partial charge in [0.2, 0.25) is 10.0 Å². The molecule has 0 aliphatic carbocycles. The molecular formula is C14H14N2O5S. The zero-order chi connectivity index (χ0) is 16.5. The van der Waals surface area contributed by atoms with Crippen LogP contribution in [0.2, 0.25) is 0 Å². The number of sulfonamides is 1. The molecule has 2 aromatic carbocycles. The molecule has 7 nitrogen and oxygen atoms in total. The Morgan fingerprint density at radius 3 is 2.41 bits per heavy atom. The van der Waals surface area contributed by atoms with Gasteiger partial charge < -0.3 is 15.6 Å². The first-order chi connectivity index (χ1) is 10.2. The number of hydrogen-bond donors (Lipinski definition) is 3. The van der Waals surface area contributed by atoms with Gasteiger partial charge in [0.1, 0.15) is 17.1 Å². The van der Waals surface area contributed by atoms with Gasteiger partial charge in [0, 0.05) is 11.8 Å². The summed E-state index contributed by atoms with van der Waals surface area (Å²) in [6.07, 6.45) is 0. The second kappa shape index (κ2) is 5.66. The van der Waals surface area contributed by atoms with Crippen molar-refractivity contribution in [3.05, 3.63) is 47.5 Å². The van der Waals surface area contributed by atoms with Crippen LogP contribution in [-0.2, 0) is 10.0 Å². The van der Waals surface area contributed by atoms with E-state index in [1.165, 1.54) is 12.1 Å². The highest BCUT2D eigenvalue weighted by Crippen LogP contribution is 2.29. The molecule has 0 aromatic heterocycles. The number of aromatic carboxylic acids is 1. The van der Waals surface area contributed by atoms with Crippen LogP contribution in [0.3, 0.4) is 0 Å². The number of nitrogens with two attached hydrogens (primary N) is 2. The molecule has 0 saturated carbocycles. The van der Waals surface area contributed by atoms with Crippen molar-refractivity contribution in [2.24, 2.45) is 5.14 Å². The predicted octanol–water partition coefficient (Wildman–Crippen LogP) is 1.72. The Balaban J connectivity index is 2.46. The van der Waals surface area contributed by atoms with Crippen LogP contribution in [0.5, 0.6) is 11.5 Å². The van der Waals surface area contributed by atoms with Crippen molar-refractivity contribution in [3.8, 4) is 11.5 Å². The van der Waals surface area contributed by atoms with Gasteiger partial charge in [0.25, 0.3) is 0 Å². The topological polar surface area (TPSA) is 133 Å². The SMILES string of the molecule is Cc1ccc(Oc2ccc(S(N)(=O)=O)cc2C(=O)O)cc1N. The smallest absolute Gasteiger partial charge is 0.339 e. The number of primary sulfonamides is 1. The molecule has 0 spiro atoms. The van der Waals surface area contributed by atoms with Gasteiger partial charge in [-0.1, -0.05) is 6.07 Å². The lowest BCUT2D eigenvalue weighted by molar-refractivity contribution is 0.0694. The predicted molar refractivity (Wildman–Crippen MR) is 80.4 cm³/mol. The number of rotatable bonds is 4. The molecule has 5 N–H and O–H groups in total. The zero-order valence-electron chi connectivity index (χ0n) is 11.6. The van der Waals surface area contributed by atoms with Crippen LogP contribution in [0.25, 0.3) is 0 Å². The minimum atomic E-state index is -4.00. The Hall–Kier alpha value is -2.58. The second-order valence-electron chi connectivity index (χ2n) is 4.63. The highest BCUT2D eigenvalue weighted by atomic mass is 32.2. The molecule has 0 unspecified atom stereocenters. The Kier molecular flexibility index (Phi) is 4.07. The summed E-state index contributed by atoms with van der Waals surface area (Å²) in [6.45, 7) is 1.82. The molecule has 2 aromatic rings. The van der Waals surface area contributed by atoms with Gasteiger partial charge in [-0.15, -0.1) is 0 Å². The maximum Gasteiger partial charge on any atom is 0.339 e. The molecule has 22 heavy (non-hydrogen) atoms. The fraction of sp³-hybridized carbons (Fsp3) is 0.0714. The maximum absolute atomic E-state index is 11.3. The van der Waals surface area contributed by atoms with Crippen molar-refractivity contribution >= 4 is 21.7 Å². The van der Waals surface area contributed by atoms with Crippen molar-refractivity contribution in [2.45, 2.75) is 11.8 Å². The summed E-state index contributed by atoms with van der Waals surface area (Å²) in [6, 6.07) is 8.27. The van der Waals surface area contributed by atoms with E-state index in [0.29, 0.717) is 11.4 Å². The van der Waals surface area contributed by atoms with E-state index in [-0.39, 0.29) is 16.2 Å². The highest BCUT2D eigenvalue weighted by Gasteiger charge is 2.17. The highest BCUT2D eigenvalue weighted by molar-refractivity contribution is 7.89. The van der Waals surface area contributed by atoms with E-state index < -0.39 is 16.0 Å². The monoisotopic (exact) mass is 322 g/mol. The van der Waals surface area contributed by atoms with E-state index in [1.807, 2.05) is 6.92 Å². The minimum Gasteiger partial charge on any atom is -0.478 e. The molecule has 0 aliphatic heterocycles. The molecule has 0 saturated heterocycles. The minimum absolute atomic E-state index is 0.0110. The van der Waals surface area contributed by atoms with Gasteiger partial charge in [0.05, 0.1) is 4.90 Å². The van der Waals surface area contributed by atoms with Crippen molar-refractivity contribution < 1.29 is 23.1 Å². The third kappa shape index (κ3) is 3.35. The third-order valence-corrected chi connectivity index (χ3v) is 3.90. The zero-order valence-corrected chi connectivity index (χ0v) is 12.4. The summed E-state index contributed by atoms with van der Waals surface area (Å²) in [4.78, 5) is 11.0. The van der Waals surface area contributed by atoms with E-state index in [9.17, 15) is 18.3 Å². The number of anilines is 1. The fourth-order valence-electron chi connectivity index (χ4n) is 1.75. The summed E-state index contributed by atoms with van der Waals surface area (Å²) in [7, 11) is -4.00. The van der Waals surface area contributed by atoms with Gasteiger partial charge in [-0.25, -0.2) is 18.4 Å². The van der Waals surface area contributed by atoms with Crippen LogP contribution < -0.4 is 15.6 Å². The Morgan fingerprint density at radius 1 is 1.18 bits per heavy atom. The quantitative estimate of drug-likeness (QED) is 0.734. The Labute approximate surface area is 127 Å². The second-order valence-corrected chi connectivity index (χ2v) is 6.19. The first kappa shape index (κ1) is 15.8. The number of carbonyl (C=O) groups is 1. The van der Waals surface area contributed by atoms with Gasteiger partial charge in [0.15, 0.2) is 0 Å². The molecule has 2 rings (SSSR count). The normalized spacial score (nSPS) is 11.2. The number of ether oxygens (including phenoxy) is 1. The summed E-state index contributed by atoms with van der Waals surface area (Å²) in [5, 5.41) is 14.2. The molecule has 0 fully saturated rings. The first-order valence-corrected chi connectivity index (χ1v) is 7.67. The van der Waals surface area contributed by atoms with Crippen LogP contribution in [-0.4, -0.2) is 19.5 Å². The van der Waals surface area contributed by atoms with Gasteiger partial charge in [-0.2, -0.15) is 0 Å². The lowest BCUT2D eigenvalue weighted by Crippen LogP contribution is -2.13. The van der Waals surface area contributed by atoms with E-state index >= 15 is 0 Å². The number of carboxylic acids is 1. The van der Waals surface area contributed by atoms with Gasteiger partial charge in [-0.3, -0.25) is 0 Å². The van der Waals surface area contributed by atoms with Gasteiger partial charge in [-0.05, 0) is 36.8 Å². The molecule has 0 atom stereocenters. The molecule has 116 valence electrons. The van der Waals surface area contributed by atoms with Crippen LogP contribution >= 0.6 is 0 Å². The van der Waals surface area contributed by atoms with E-state index in [0.717, 1.165) is 11.6 Å². The van der Waals surface area contributed by atoms with Crippen LogP contribution in [0.15, 0.2) is 41.3 Å². The maximum atomic E-state index is 11.3. The number of carboxylic acid groups (broad SMARTS) is 1. The van der Waals surface area contributed by atoms with Crippen LogP contribution in [0.1, 0.15) is 15.9 Å². The largest absolute Gasteiger partial charge is 0.478 e. The molecular weight excluding hydrogens is 308 g/mol. The van der Waals surface area contributed by atoms with Crippen molar-refractivity contribution in [3.63, 3.8) is 0 Å². The van der Waals surface area contributed by atoms with E-state index in [2.05, 4.69) is 0 Å². The number of aryl methyl sites for hydroxylation is 1. The molecule has 0 amide bonds. The Morgan fingerprint density at radius 2 is 1.86 bits per heavy atom. The van der Waals surface area contributed by atoms with E-state index in [4.69, 9.17) is 15.6 Å². The standard InChI is InChI=1S/C14H14N2O5S/c1-8-2-3-9(6-12(8)15)21-13-5-4-10(22(16,19)20)7-11(13)14(17)18/h2-7H,15H2,1H3,(H,17,18)(H2,16,19,20). The van der Waals surface area contributed by atoms with Crippen molar-refractivity contribution in [1.82, 2.24) is 0 Å². The lowest BCUT2D eigenvalue weighted by Gasteiger charge is -2.11. The first-order valence-electron chi connectivity index (χ1n) is 6.12. The molecule has 0 radical (unpaired) electrons. The number of hydrogen-bond acceptors (Lipinski definition) is 5. The Bertz CT molecular complexity index is 846. The lowest BCUT2D eigenvalue weighted by atomic mass is 10.2. The van der Waals surface area contributed by atoms with Crippen LogP contribution in [0, 0.1) is 6.92 Å².